The highest BCUT2D eigenvalue weighted by Gasteiger charge is 2.48. The topological polar surface area (TPSA) is 18.5 Å². The Labute approximate surface area is 240 Å². The monoisotopic (exact) mass is 538 g/mol. The van der Waals surface area contributed by atoms with E-state index in [1.807, 2.05) is 36.4 Å². The lowest BCUT2D eigenvalue weighted by Gasteiger charge is -2.41. The SMILES string of the molecule is COc1ccc(C2(c3ccc(F)cc3)C=Cc3c4c(c5ccccc5c3O2)-c2ccccc2C42CCCCC2)cc1. The summed E-state index contributed by atoms with van der Waals surface area (Å²) in [5.74, 6) is 1.42. The maximum absolute atomic E-state index is 14.1. The molecule has 1 atom stereocenters. The molecule has 0 saturated heterocycles. The van der Waals surface area contributed by atoms with Crippen LogP contribution in [-0.4, -0.2) is 7.11 Å². The number of hydrogen-bond donors (Lipinski definition) is 0. The molecule has 0 bridgehead atoms. The summed E-state index contributed by atoms with van der Waals surface area (Å²) < 4.78 is 26.9. The summed E-state index contributed by atoms with van der Waals surface area (Å²) in [6.07, 6.45) is 10.5. The minimum absolute atomic E-state index is 0.0119. The van der Waals surface area contributed by atoms with Gasteiger partial charge in [0, 0.05) is 27.5 Å². The van der Waals surface area contributed by atoms with Crippen LogP contribution < -0.4 is 9.47 Å². The van der Waals surface area contributed by atoms with Crippen LogP contribution in [-0.2, 0) is 11.0 Å². The van der Waals surface area contributed by atoms with Crippen molar-refractivity contribution in [1.29, 1.82) is 0 Å². The predicted molar refractivity (Wildman–Crippen MR) is 163 cm³/mol. The Morgan fingerprint density at radius 1 is 0.732 bits per heavy atom. The summed E-state index contributed by atoms with van der Waals surface area (Å²) in [5.41, 5.74) is 7.71. The van der Waals surface area contributed by atoms with Gasteiger partial charge in [-0.1, -0.05) is 98.1 Å². The Kier molecular flexibility index (Phi) is 5.41. The largest absolute Gasteiger partial charge is 0.497 e. The van der Waals surface area contributed by atoms with Gasteiger partial charge in [0.25, 0.3) is 0 Å². The van der Waals surface area contributed by atoms with E-state index in [0.29, 0.717) is 0 Å². The van der Waals surface area contributed by atoms with Crippen LogP contribution in [0.25, 0.3) is 28.0 Å². The third kappa shape index (κ3) is 3.41. The standard InChI is InChI=1S/C38H31FO2/c1-40-28-19-15-26(16-20-28)38(25-13-17-27(39)18-14-25)24-21-32-35-34(29-9-3-4-10-30(29)36(32)41-38)31-11-5-6-12-33(31)37(35)22-7-2-8-23-37/h3-6,9-21,24H,2,7-8,22-23H2,1H3. The lowest BCUT2D eigenvalue weighted by Crippen LogP contribution is -2.35. The Hall–Kier alpha value is -4.37. The van der Waals surface area contributed by atoms with Crippen molar-refractivity contribution in [2.75, 3.05) is 7.11 Å². The zero-order valence-electron chi connectivity index (χ0n) is 23.1. The quantitative estimate of drug-likeness (QED) is 0.228. The van der Waals surface area contributed by atoms with Crippen molar-refractivity contribution in [3.05, 3.63) is 137 Å². The van der Waals surface area contributed by atoms with Gasteiger partial charge in [0.05, 0.1) is 7.11 Å². The molecule has 2 nitrogen and oxygen atoms in total. The number of fused-ring (bicyclic) bond motifs is 10. The van der Waals surface area contributed by atoms with Crippen LogP contribution in [0.4, 0.5) is 4.39 Å². The summed E-state index contributed by atoms with van der Waals surface area (Å²) in [5, 5.41) is 2.34. The van der Waals surface area contributed by atoms with Crippen molar-refractivity contribution >= 4 is 16.8 Å². The average molecular weight is 539 g/mol. The molecule has 5 aromatic carbocycles. The molecule has 0 aromatic heterocycles. The highest BCUT2D eigenvalue weighted by atomic mass is 19.1. The molecule has 2 aliphatic carbocycles. The average Bonchev–Trinajstić information content (AvgIpc) is 3.31. The van der Waals surface area contributed by atoms with Crippen molar-refractivity contribution in [2.24, 2.45) is 0 Å². The van der Waals surface area contributed by atoms with E-state index >= 15 is 0 Å². The molecule has 202 valence electrons. The number of methoxy groups -OCH3 is 1. The molecule has 1 aliphatic heterocycles. The molecule has 1 saturated carbocycles. The van der Waals surface area contributed by atoms with Gasteiger partial charge in [-0.15, -0.1) is 0 Å². The van der Waals surface area contributed by atoms with Gasteiger partial charge in [-0.05, 0) is 70.8 Å². The van der Waals surface area contributed by atoms with Gasteiger partial charge < -0.3 is 9.47 Å². The van der Waals surface area contributed by atoms with Gasteiger partial charge in [0.2, 0.25) is 0 Å². The summed E-state index contributed by atoms with van der Waals surface area (Å²) in [4.78, 5) is 0. The van der Waals surface area contributed by atoms with E-state index in [4.69, 9.17) is 9.47 Å². The second-order valence-corrected chi connectivity index (χ2v) is 11.6. The van der Waals surface area contributed by atoms with E-state index in [1.54, 1.807) is 7.11 Å². The molecule has 5 aromatic rings. The van der Waals surface area contributed by atoms with Gasteiger partial charge in [0.1, 0.15) is 17.3 Å². The first-order valence-electron chi connectivity index (χ1n) is 14.6. The molecule has 1 heterocycles. The van der Waals surface area contributed by atoms with E-state index in [0.717, 1.165) is 40.9 Å². The van der Waals surface area contributed by atoms with E-state index in [9.17, 15) is 4.39 Å². The Morgan fingerprint density at radius 2 is 1.39 bits per heavy atom. The first kappa shape index (κ1) is 24.4. The fraction of sp³-hybridized carbons (Fsp3) is 0.211. The first-order chi connectivity index (χ1) is 20.1. The maximum Gasteiger partial charge on any atom is 0.178 e. The van der Waals surface area contributed by atoms with Crippen LogP contribution in [0.3, 0.4) is 0 Å². The molecule has 0 N–H and O–H groups in total. The molecule has 3 heteroatoms. The Balaban J connectivity index is 1.44. The van der Waals surface area contributed by atoms with E-state index in [-0.39, 0.29) is 11.2 Å². The fourth-order valence-electron chi connectivity index (χ4n) is 7.81. The number of rotatable bonds is 3. The minimum Gasteiger partial charge on any atom is -0.497 e. The Morgan fingerprint density at radius 3 is 2.12 bits per heavy atom. The Bertz CT molecular complexity index is 1830. The van der Waals surface area contributed by atoms with E-state index in [2.05, 4.69) is 60.7 Å². The smallest absolute Gasteiger partial charge is 0.178 e. The van der Waals surface area contributed by atoms with Gasteiger partial charge in [0.15, 0.2) is 5.60 Å². The zero-order valence-corrected chi connectivity index (χ0v) is 23.1. The van der Waals surface area contributed by atoms with Crippen LogP contribution in [0.1, 0.15) is 59.9 Å². The molecule has 0 amide bonds. The van der Waals surface area contributed by atoms with Crippen molar-refractivity contribution in [1.82, 2.24) is 0 Å². The van der Waals surface area contributed by atoms with Crippen molar-refractivity contribution in [3.8, 4) is 22.6 Å². The van der Waals surface area contributed by atoms with E-state index in [1.165, 1.54) is 64.6 Å². The van der Waals surface area contributed by atoms with Gasteiger partial charge in [-0.3, -0.25) is 0 Å². The third-order valence-corrected chi connectivity index (χ3v) is 9.64. The first-order valence-corrected chi connectivity index (χ1v) is 14.6. The van der Waals surface area contributed by atoms with Crippen LogP contribution in [0.15, 0.2) is 103 Å². The normalized spacial score (nSPS) is 19.9. The zero-order chi connectivity index (χ0) is 27.6. The van der Waals surface area contributed by atoms with Crippen molar-refractivity contribution in [2.45, 2.75) is 43.1 Å². The predicted octanol–water partition coefficient (Wildman–Crippen LogP) is 9.57. The van der Waals surface area contributed by atoms with Gasteiger partial charge in [-0.2, -0.15) is 0 Å². The van der Waals surface area contributed by atoms with Crippen LogP contribution in [0.2, 0.25) is 0 Å². The highest BCUT2D eigenvalue weighted by Crippen LogP contribution is 2.62. The van der Waals surface area contributed by atoms with Crippen molar-refractivity contribution < 1.29 is 13.9 Å². The second-order valence-electron chi connectivity index (χ2n) is 11.6. The van der Waals surface area contributed by atoms with Crippen LogP contribution in [0.5, 0.6) is 11.5 Å². The number of halogens is 1. The van der Waals surface area contributed by atoms with E-state index < -0.39 is 5.60 Å². The molecular weight excluding hydrogens is 507 g/mol. The molecule has 1 fully saturated rings. The fourth-order valence-corrected chi connectivity index (χ4v) is 7.81. The molecule has 1 unspecified atom stereocenters. The molecule has 41 heavy (non-hydrogen) atoms. The highest BCUT2D eigenvalue weighted by molar-refractivity contribution is 6.08. The van der Waals surface area contributed by atoms with Gasteiger partial charge in [-0.25, -0.2) is 4.39 Å². The molecule has 3 aliphatic rings. The molecule has 8 rings (SSSR count). The lowest BCUT2D eigenvalue weighted by atomic mass is 9.66. The third-order valence-electron chi connectivity index (χ3n) is 9.64. The number of benzene rings is 5. The summed E-state index contributed by atoms with van der Waals surface area (Å²) in [6, 6.07) is 32.4. The summed E-state index contributed by atoms with van der Waals surface area (Å²) >= 11 is 0. The summed E-state index contributed by atoms with van der Waals surface area (Å²) in [7, 11) is 1.67. The lowest BCUT2D eigenvalue weighted by molar-refractivity contribution is 0.163. The molecule has 1 spiro atoms. The minimum atomic E-state index is -0.921. The van der Waals surface area contributed by atoms with Gasteiger partial charge >= 0.3 is 0 Å². The number of hydrogen-bond acceptors (Lipinski definition) is 2. The van der Waals surface area contributed by atoms with Crippen LogP contribution in [0, 0.1) is 5.82 Å². The number of ether oxygens (including phenoxy) is 2. The van der Waals surface area contributed by atoms with Crippen molar-refractivity contribution in [3.63, 3.8) is 0 Å². The summed E-state index contributed by atoms with van der Waals surface area (Å²) in [6.45, 7) is 0. The van der Waals surface area contributed by atoms with Crippen LogP contribution >= 0.6 is 0 Å². The molecular formula is C38H31FO2. The second kappa shape index (κ2) is 9.07. The maximum atomic E-state index is 14.1. The molecule has 0 radical (unpaired) electrons.